The lowest BCUT2D eigenvalue weighted by molar-refractivity contribution is 0.0697. The number of carboxylic acid groups (broad SMARTS) is 1. The Morgan fingerprint density at radius 1 is 0.857 bits per heavy atom. The SMILES string of the molecule is COc1ccc(COc2ccccc2CCCc2ccc(C(=O)O)cc2)cc1. The molecule has 1 N–H and O–H groups in total. The predicted molar refractivity (Wildman–Crippen MR) is 109 cm³/mol. The van der Waals surface area contributed by atoms with E-state index in [1.807, 2.05) is 54.6 Å². The maximum Gasteiger partial charge on any atom is 0.335 e. The van der Waals surface area contributed by atoms with Gasteiger partial charge in [0.25, 0.3) is 0 Å². The summed E-state index contributed by atoms with van der Waals surface area (Å²) in [6, 6.07) is 23.1. The van der Waals surface area contributed by atoms with Gasteiger partial charge in [-0.15, -0.1) is 0 Å². The first-order valence-electron chi connectivity index (χ1n) is 9.31. The van der Waals surface area contributed by atoms with Crippen LogP contribution in [0.3, 0.4) is 0 Å². The van der Waals surface area contributed by atoms with E-state index in [-0.39, 0.29) is 0 Å². The van der Waals surface area contributed by atoms with E-state index in [2.05, 4.69) is 6.07 Å². The Morgan fingerprint density at radius 3 is 2.21 bits per heavy atom. The number of rotatable bonds is 9. The Hall–Kier alpha value is -3.27. The molecule has 4 heteroatoms. The summed E-state index contributed by atoms with van der Waals surface area (Å²) in [6.07, 6.45) is 2.77. The molecule has 0 atom stereocenters. The highest BCUT2D eigenvalue weighted by atomic mass is 16.5. The summed E-state index contributed by atoms with van der Waals surface area (Å²) < 4.78 is 11.2. The third-order valence-corrected chi connectivity index (χ3v) is 4.64. The average molecular weight is 376 g/mol. The van der Waals surface area contributed by atoms with E-state index in [4.69, 9.17) is 14.6 Å². The molecule has 0 aliphatic heterocycles. The standard InChI is InChI=1S/C24H24O4/c1-27-22-15-11-19(12-16-22)17-28-23-8-3-2-6-20(23)7-4-5-18-9-13-21(14-10-18)24(25)26/h2-3,6,8-16H,4-5,7,17H2,1H3,(H,25,26). The van der Waals surface area contributed by atoms with Crippen LogP contribution in [0.1, 0.15) is 33.5 Å². The second-order valence-electron chi connectivity index (χ2n) is 6.60. The molecular weight excluding hydrogens is 352 g/mol. The molecule has 0 heterocycles. The lowest BCUT2D eigenvalue weighted by Crippen LogP contribution is -2.00. The first kappa shape index (κ1) is 19.5. The van der Waals surface area contributed by atoms with Crippen molar-refractivity contribution in [2.24, 2.45) is 0 Å². The van der Waals surface area contributed by atoms with Crippen molar-refractivity contribution in [2.75, 3.05) is 7.11 Å². The van der Waals surface area contributed by atoms with Crippen LogP contribution >= 0.6 is 0 Å². The van der Waals surface area contributed by atoms with Crippen LogP contribution in [0.25, 0.3) is 0 Å². The van der Waals surface area contributed by atoms with Crippen LogP contribution in [0.5, 0.6) is 11.5 Å². The molecule has 0 unspecified atom stereocenters. The van der Waals surface area contributed by atoms with Crippen LogP contribution in [0.15, 0.2) is 72.8 Å². The summed E-state index contributed by atoms with van der Waals surface area (Å²) in [5.74, 6) is 0.842. The van der Waals surface area contributed by atoms with Crippen LogP contribution in [0.2, 0.25) is 0 Å². The minimum absolute atomic E-state index is 0.320. The normalized spacial score (nSPS) is 10.5. The van der Waals surface area contributed by atoms with E-state index in [0.717, 1.165) is 41.9 Å². The maximum absolute atomic E-state index is 10.9. The van der Waals surface area contributed by atoms with Gasteiger partial charge in [0.2, 0.25) is 0 Å². The molecule has 0 spiro atoms. The van der Waals surface area contributed by atoms with E-state index in [9.17, 15) is 4.79 Å². The van der Waals surface area contributed by atoms with Crippen molar-refractivity contribution in [2.45, 2.75) is 25.9 Å². The fourth-order valence-electron chi connectivity index (χ4n) is 3.03. The number of hydrogen-bond donors (Lipinski definition) is 1. The minimum Gasteiger partial charge on any atom is -0.497 e. The van der Waals surface area contributed by atoms with E-state index in [1.54, 1.807) is 19.2 Å². The smallest absolute Gasteiger partial charge is 0.335 e. The van der Waals surface area contributed by atoms with Gasteiger partial charge in [-0.3, -0.25) is 0 Å². The van der Waals surface area contributed by atoms with Crippen LogP contribution in [-0.2, 0) is 19.4 Å². The molecule has 0 radical (unpaired) electrons. The van der Waals surface area contributed by atoms with Gasteiger partial charge < -0.3 is 14.6 Å². The van der Waals surface area contributed by atoms with Crippen molar-refractivity contribution in [3.8, 4) is 11.5 Å². The Balaban J connectivity index is 1.55. The molecule has 4 nitrogen and oxygen atoms in total. The zero-order valence-corrected chi connectivity index (χ0v) is 15.9. The summed E-state index contributed by atoms with van der Waals surface area (Å²) in [6.45, 7) is 0.512. The van der Waals surface area contributed by atoms with Gasteiger partial charge in [0.15, 0.2) is 0 Å². The zero-order chi connectivity index (χ0) is 19.8. The summed E-state index contributed by atoms with van der Waals surface area (Å²) >= 11 is 0. The number of carbonyl (C=O) groups is 1. The number of aromatic carboxylic acids is 1. The molecule has 0 aliphatic carbocycles. The van der Waals surface area contributed by atoms with Crippen molar-refractivity contribution < 1.29 is 19.4 Å². The topological polar surface area (TPSA) is 55.8 Å². The first-order chi connectivity index (χ1) is 13.7. The summed E-state index contributed by atoms with van der Waals surface area (Å²) in [4.78, 5) is 10.9. The third-order valence-electron chi connectivity index (χ3n) is 4.64. The number of ether oxygens (including phenoxy) is 2. The highest BCUT2D eigenvalue weighted by Gasteiger charge is 2.05. The molecule has 28 heavy (non-hydrogen) atoms. The number of aryl methyl sites for hydroxylation is 2. The van der Waals surface area contributed by atoms with Gasteiger partial charge in [0, 0.05) is 0 Å². The molecule has 0 fully saturated rings. The molecule has 144 valence electrons. The lowest BCUT2D eigenvalue weighted by Gasteiger charge is -2.12. The molecular formula is C24H24O4. The first-order valence-corrected chi connectivity index (χ1v) is 9.31. The van der Waals surface area contributed by atoms with Crippen molar-refractivity contribution in [1.29, 1.82) is 0 Å². The van der Waals surface area contributed by atoms with E-state index >= 15 is 0 Å². The van der Waals surface area contributed by atoms with Gasteiger partial charge in [0.05, 0.1) is 12.7 Å². The molecule has 3 aromatic carbocycles. The highest BCUT2D eigenvalue weighted by molar-refractivity contribution is 5.87. The monoisotopic (exact) mass is 376 g/mol. The fraction of sp³-hybridized carbons (Fsp3) is 0.208. The number of methoxy groups -OCH3 is 1. The second kappa shape index (κ2) is 9.60. The van der Waals surface area contributed by atoms with Gasteiger partial charge in [-0.2, -0.15) is 0 Å². The molecule has 0 amide bonds. The molecule has 0 aliphatic rings. The Morgan fingerprint density at radius 2 is 1.54 bits per heavy atom. The minimum atomic E-state index is -0.894. The average Bonchev–Trinajstić information content (AvgIpc) is 2.74. The van der Waals surface area contributed by atoms with Gasteiger partial charge in [-0.1, -0.05) is 42.5 Å². The van der Waals surface area contributed by atoms with Crippen LogP contribution < -0.4 is 9.47 Å². The van der Waals surface area contributed by atoms with Crippen molar-refractivity contribution >= 4 is 5.97 Å². The molecule has 3 aromatic rings. The molecule has 0 saturated carbocycles. The highest BCUT2D eigenvalue weighted by Crippen LogP contribution is 2.22. The lowest BCUT2D eigenvalue weighted by atomic mass is 10.0. The maximum atomic E-state index is 10.9. The third kappa shape index (κ3) is 5.36. The largest absolute Gasteiger partial charge is 0.497 e. The molecule has 3 rings (SSSR count). The summed E-state index contributed by atoms with van der Waals surface area (Å²) in [5, 5.41) is 8.97. The van der Waals surface area contributed by atoms with E-state index in [1.165, 1.54) is 5.56 Å². The van der Waals surface area contributed by atoms with Crippen molar-refractivity contribution in [1.82, 2.24) is 0 Å². The van der Waals surface area contributed by atoms with Gasteiger partial charge in [0.1, 0.15) is 18.1 Å². The van der Waals surface area contributed by atoms with Crippen molar-refractivity contribution in [3.63, 3.8) is 0 Å². The van der Waals surface area contributed by atoms with Crippen LogP contribution in [0.4, 0.5) is 0 Å². The zero-order valence-electron chi connectivity index (χ0n) is 15.9. The Labute approximate surface area is 165 Å². The van der Waals surface area contributed by atoms with Gasteiger partial charge in [-0.05, 0) is 66.3 Å². The summed E-state index contributed by atoms with van der Waals surface area (Å²) in [7, 11) is 1.66. The van der Waals surface area contributed by atoms with E-state index in [0.29, 0.717) is 12.2 Å². The fourth-order valence-corrected chi connectivity index (χ4v) is 3.03. The van der Waals surface area contributed by atoms with Crippen LogP contribution in [-0.4, -0.2) is 18.2 Å². The van der Waals surface area contributed by atoms with Gasteiger partial charge in [-0.25, -0.2) is 4.79 Å². The predicted octanol–water partition coefficient (Wildman–Crippen LogP) is 5.15. The Bertz CT molecular complexity index is 899. The number of benzene rings is 3. The number of hydrogen-bond acceptors (Lipinski definition) is 3. The van der Waals surface area contributed by atoms with Crippen molar-refractivity contribution in [3.05, 3.63) is 95.1 Å². The molecule has 0 bridgehead atoms. The van der Waals surface area contributed by atoms with E-state index < -0.39 is 5.97 Å². The quantitative estimate of drug-likeness (QED) is 0.561. The number of carboxylic acids is 1. The molecule has 0 saturated heterocycles. The summed E-state index contributed by atoms with van der Waals surface area (Å²) in [5.41, 5.74) is 3.73. The second-order valence-corrected chi connectivity index (χ2v) is 6.60. The van der Waals surface area contributed by atoms with Crippen LogP contribution in [0, 0.1) is 0 Å². The molecule has 0 aromatic heterocycles. The Kier molecular flexibility index (Phi) is 6.68. The van der Waals surface area contributed by atoms with Gasteiger partial charge >= 0.3 is 5.97 Å². The number of para-hydroxylation sites is 1.